The lowest BCUT2D eigenvalue weighted by Gasteiger charge is -2.23. The molecule has 17 heavy (non-hydrogen) atoms. The zero-order valence-corrected chi connectivity index (χ0v) is 11.0. The largest absolute Gasteiger partial charge is 0.465 e. The number of hydrogen-bond donors (Lipinski definition) is 1. The molecule has 0 amide bonds. The predicted molar refractivity (Wildman–Crippen MR) is 70.0 cm³/mol. The lowest BCUT2D eigenvalue weighted by Crippen LogP contribution is -2.25. The molecular weight excluding hydrogens is 236 g/mol. The Morgan fingerprint density at radius 2 is 2.06 bits per heavy atom. The molecule has 0 bridgehead atoms. The summed E-state index contributed by atoms with van der Waals surface area (Å²) in [5, 5.41) is 10.3. The van der Waals surface area contributed by atoms with E-state index in [1.165, 1.54) is 11.8 Å². The van der Waals surface area contributed by atoms with E-state index < -0.39 is 5.60 Å². The molecule has 0 aliphatic carbocycles. The third-order valence-electron chi connectivity index (χ3n) is 2.30. The van der Waals surface area contributed by atoms with Crippen molar-refractivity contribution >= 4 is 17.7 Å². The molecule has 94 valence electrons. The van der Waals surface area contributed by atoms with E-state index >= 15 is 0 Å². The number of carbonyl (C=O) groups is 1. The second-order valence-corrected chi connectivity index (χ2v) is 4.92. The fraction of sp³-hybridized carbons (Fsp3) is 0.462. The van der Waals surface area contributed by atoms with Gasteiger partial charge in [0, 0.05) is 5.75 Å². The summed E-state index contributed by atoms with van der Waals surface area (Å²) in [6, 6.07) is 9.45. The van der Waals surface area contributed by atoms with Crippen LogP contribution in [0.2, 0.25) is 0 Å². The van der Waals surface area contributed by atoms with Crippen LogP contribution in [0.1, 0.15) is 19.4 Å². The van der Waals surface area contributed by atoms with Crippen molar-refractivity contribution in [3.63, 3.8) is 0 Å². The summed E-state index contributed by atoms with van der Waals surface area (Å²) in [5.41, 5.74) is -0.0605. The van der Waals surface area contributed by atoms with Crippen LogP contribution in [0.4, 0.5) is 0 Å². The SMILES string of the molecule is CCOC(=O)CSCC(C)(O)c1ccccc1. The van der Waals surface area contributed by atoms with Crippen molar-refractivity contribution in [1.82, 2.24) is 0 Å². The van der Waals surface area contributed by atoms with Crippen molar-refractivity contribution in [2.24, 2.45) is 0 Å². The van der Waals surface area contributed by atoms with Gasteiger partial charge in [-0.2, -0.15) is 0 Å². The lowest BCUT2D eigenvalue weighted by atomic mass is 9.99. The Morgan fingerprint density at radius 3 is 2.65 bits per heavy atom. The predicted octanol–water partition coefficient (Wildman–Crippen LogP) is 2.19. The molecule has 1 unspecified atom stereocenters. The minimum atomic E-state index is -0.918. The summed E-state index contributed by atoms with van der Waals surface area (Å²) in [5.74, 6) is 0.508. The van der Waals surface area contributed by atoms with Crippen molar-refractivity contribution < 1.29 is 14.6 Å². The number of benzene rings is 1. The number of esters is 1. The van der Waals surface area contributed by atoms with Gasteiger partial charge in [0.1, 0.15) is 0 Å². The van der Waals surface area contributed by atoms with E-state index in [4.69, 9.17) is 4.74 Å². The Bertz CT molecular complexity index is 349. The first kappa shape index (κ1) is 14.1. The minimum Gasteiger partial charge on any atom is -0.465 e. The molecule has 0 saturated carbocycles. The van der Waals surface area contributed by atoms with E-state index in [9.17, 15) is 9.90 Å². The van der Waals surface area contributed by atoms with Crippen LogP contribution in [0.25, 0.3) is 0 Å². The number of hydrogen-bond acceptors (Lipinski definition) is 4. The van der Waals surface area contributed by atoms with Crippen LogP contribution < -0.4 is 0 Å². The van der Waals surface area contributed by atoms with E-state index in [1.54, 1.807) is 13.8 Å². The zero-order valence-electron chi connectivity index (χ0n) is 10.2. The first-order valence-electron chi connectivity index (χ1n) is 5.57. The quantitative estimate of drug-likeness (QED) is 0.790. The summed E-state index contributed by atoms with van der Waals surface area (Å²) in [6.07, 6.45) is 0. The van der Waals surface area contributed by atoms with Crippen LogP contribution in [0.15, 0.2) is 30.3 Å². The van der Waals surface area contributed by atoms with Gasteiger partial charge in [-0.25, -0.2) is 0 Å². The smallest absolute Gasteiger partial charge is 0.315 e. The highest BCUT2D eigenvalue weighted by molar-refractivity contribution is 7.99. The first-order chi connectivity index (χ1) is 8.06. The summed E-state index contributed by atoms with van der Waals surface area (Å²) >= 11 is 1.38. The molecule has 0 saturated heterocycles. The standard InChI is InChI=1S/C13H18O3S/c1-3-16-12(14)9-17-10-13(2,15)11-7-5-4-6-8-11/h4-8,15H,3,9-10H2,1-2H3. The molecular formula is C13H18O3S. The van der Waals surface area contributed by atoms with Crippen LogP contribution in [-0.2, 0) is 15.1 Å². The summed E-state index contributed by atoms with van der Waals surface area (Å²) in [4.78, 5) is 11.1. The van der Waals surface area contributed by atoms with Gasteiger partial charge in [0.2, 0.25) is 0 Å². The highest BCUT2D eigenvalue weighted by Crippen LogP contribution is 2.24. The molecule has 4 heteroatoms. The Morgan fingerprint density at radius 1 is 1.41 bits per heavy atom. The molecule has 0 spiro atoms. The third-order valence-corrected chi connectivity index (χ3v) is 3.51. The van der Waals surface area contributed by atoms with Crippen molar-refractivity contribution in [2.75, 3.05) is 18.1 Å². The average Bonchev–Trinajstić information content (AvgIpc) is 2.30. The molecule has 0 radical (unpaired) electrons. The number of ether oxygens (including phenoxy) is 1. The first-order valence-corrected chi connectivity index (χ1v) is 6.73. The van der Waals surface area contributed by atoms with Crippen molar-refractivity contribution in [3.8, 4) is 0 Å². The summed E-state index contributed by atoms with van der Waals surface area (Å²) < 4.78 is 4.82. The van der Waals surface area contributed by atoms with Crippen LogP contribution in [0.3, 0.4) is 0 Å². The lowest BCUT2D eigenvalue weighted by molar-refractivity contribution is -0.139. The van der Waals surface area contributed by atoms with E-state index in [2.05, 4.69) is 0 Å². The Labute approximate surface area is 106 Å². The maximum absolute atomic E-state index is 11.1. The normalized spacial score (nSPS) is 14.1. The second kappa shape index (κ2) is 6.67. The van der Waals surface area contributed by atoms with Gasteiger partial charge < -0.3 is 9.84 Å². The van der Waals surface area contributed by atoms with E-state index in [1.807, 2.05) is 30.3 Å². The fourth-order valence-electron chi connectivity index (χ4n) is 1.42. The minimum absolute atomic E-state index is 0.235. The van der Waals surface area contributed by atoms with Crippen LogP contribution in [0.5, 0.6) is 0 Å². The molecule has 0 heterocycles. The molecule has 0 aromatic heterocycles. The van der Waals surface area contributed by atoms with Crippen molar-refractivity contribution in [3.05, 3.63) is 35.9 Å². The number of carbonyl (C=O) groups excluding carboxylic acids is 1. The van der Waals surface area contributed by atoms with E-state index in [-0.39, 0.29) is 11.7 Å². The fourth-order valence-corrected chi connectivity index (χ4v) is 2.33. The van der Waals surface area contributed by atoms with Gasteiger partial charge in [-0.3, -0.25) is 4.79 Å². The summed E-state index contributed by atoms with van der Waals surface area (Å²) in [7, 11) is 0. The molecule has 1 atom stereocenters. The van der Waals surface area contributed by atoms with Gasteiger partial charge in [-0.15, -0.1) is 11.8 Å². The average molecular weight is 254 g/mol. The Balaban J connectivity index is 2.43. The highest BCUT2D eigenvalue weighted by Gasteiger charge is 2.23. The molecule has 1 aromatic rings. The number of aliphatic hydroxyl groups is 1. The molecule has 1 N–H and O–H groups in total. The zero-order chi connectivity index (χ0) is 12.7. The van der Waals surface area contributed by atoms with Gasteiger partial charge in [-0.1, -0.05) is 30.3 Å². The van der Waals surface area contributed by atoms with Crippen LogP contribution >= 0.6 is 11.8 Å². The molecule has 1 rings (SSSR count). The summed E-state index contributed by atoms with van der Waals surface area (Å²) in [6.45, 7) is 3.93. The van der Waals surface area contributed by atoms with Gasteiger partial charge in [-0.05, 0) is 19.4 Å². The van der Waals surface area contributed by atoms with Gasteiger partial charge in [0.25, 0.3) is 0 Å². The molecule has 0 aliphatic rings. The van der Waals surface area contributed by atoms with Gasteiger partial charge in [0.15, 0.2) is 0 Å². The maximum atomic E-state index is 11.1. The van der Waals surface area contributed by atoms with Crippen LogP contribution in [0, 0.1) is 0 Å². The highest BCUT2D eigenvalue weighted by atomic mass is 32.2. The number of rotatable bonds is 6. The second-order valence-electron chi connectivity index (χ2n) is 3.94. The van der Waals surface area contributed by atoms with E-state index in [0.29, 0.717) is 12.4 Å². The Hall–Kier alpha value is -1.00. The van der Waals surface area contributed by atoms with E-state index in [0.717, 1.165) is 5.56 Å². The van der Waals surface area contributed by atoms with Gasteiger partial charge >= 0.3 is 5.97 Å². The molecule has 3 nitrogen and oxygen atoms in total. The molecule has 1 aromatic carbocycles. The van der Waals surface area contributed by atoms with Gasteiger partial charge in [0.05, 0.1) is 18.0 Å². The third kappa shape index (κ3) is 4.79. The Kier molecular flexibility index (Phi) is 5.51. The monoisotopic (exact) mass is 254 g/mol. The molecule has 0 aliphatic heterocycles. The van der Waals surface area contributed by atoms with Crippen molar-refractivity contribution in [1.29, 1.82) is 0 Å². The topological polar surface area (TPSA) is 46.5 Å². The molecule has 0 fully saturated rings. The van der Waals surface area contributed by atoms with Crippen molar-refractivity contribution in [2.45, 2.75) is 19.4 Å². The number of thioether (sulfide) groups is 1. The maximum Gasteiger partial charge on any atom is 0.315 e. The van der Waals surface area contributed by atoms with Crippen LogP contribution in [-0.4, -0.2) is 29.2 Å².